The standard InChI is InChI=1S/C12H15BrN4O2/c1-6(2)11-15-9(16-19-11)5-17-8(4)10(13)7(3)14-12(17)18/h6H,5H2,1-4H3. The molecule has 0 aromatic carbocycles. The number of aromatic nitrogens is 4. The summed E-state index contributed by atoms with van der Waals surface area (Å²) in [5.41, 5.74) is 1.16. The van der Waals surface area contributed by atoms with E-state index in [9.17, 15) is 4.79 Å². The lowest BCUT2D eigenvalue weighted by molar-refractivity contribution is 0.359. The molecule has 0 saturated heterocycles. The van der Waals surface area contributed by atoms with E-state index < -0.39 is 0 Å². The van der Waals surface area contributed by atoms with Crippen LogP contribution in [0.4, 0.5) is 0 Å². The van der Waals surface area contributed by atoms with E-state index in [1.165, 1.54) is 4.57 Å². The van der Waals surface area contributed by atoms with Gasteiger partial charge in [-0.2, -0.15) is 9.97 Å². The van der Waals surface area contributed by atoms with Gasteiger partial charge in [0.15, 0.2) is 5.82 Å². The van der Waals surface area contributed by atoms with Gasteiger partial charge in [-0.1, -0.05) is 19.0 Å². The third-order valence-corrected chi connectivity index (χ3v) is 3.96. The second-order valence-corrected chi connectivity index (χ2v) is 5.46. The van der Waals surface area contributed by atoms with Crippen LogP contribution in [0.25, 0.3) is 0 Å². The van der Waals surface area contributed by atoms with Crippen molar-refractivity contribution in [2.75, 3.05) is 0 Å². The van der Waals surface area contributed by atoms with Crippen molar-refractivity contribution in [2.24, 2.45) is 0 Å². The third kappa shape index (κ3) is 2.75. The molecule has 7 heteroatoms. The molecule has 0 saturated carbocycles. The molecule has 0 aliphatic carbocycles. The summed E-state index contributed by atoms with van der Waals surface area (Å²) < 4.78 is 7.46. The number of hydrogen-bond acceptors (Lipinski definition) is 5. The van der Waals surface area contributed by atoms with E-state index in [-0.39, 0.29) is 18.2 Å². The maximum atomic E-state index is 11.9. The Morgan fingerprint density at radius 2 is 2.00 bits per heavy atom. The van der Waals surface area contributed by atoms with Gasteiger partial charge in [-0.05, 0) is 29.8 Å². The van der Waals surface area contributed by atoms with Gasteiger partial charge in [-0.3, -0.25) is 4.57 Å². The quantitative estimate of drug-likeness (QED) is 0.864. The second kappa shape index (κ2) is 5.24. The predicted octanol–water partition coefficient (Wildman–Crippen LogP) is 2.18. The molecule has 0 atom stereocenters. The molecule has 0 N–H and O–H groups in total. The van der Waals surface area contributed by atoms with Crippen LogP contribution in [0.15, 0.2) is 13.8 Å². The van der Waals surface area contributed by atoms with Crippen molar-refractivity contribution in [1.29, 1.82) is 0 Å². The van der Waals surface area contributed by atoms with Gasteiger partial charge in [0.2, 0.25) is 5.89 Å². The lowest BCUT2D eigenvalue weighted by Gasteiger charge is -2.09. The van der Waals surface area contributed by atoms with Crippen molar-refractivity contribution in [3.05, 3.63) is 38.1 Å². The van der Waals surface area contributed by atoms with E-state index in [4.69, 9.17) is 4.52 Å². The van der Waals surface area contributed by atoms with Crippen molar-refractivity contribution < 1.29 is 4.52 Å². The summed E-state index contributed by atoms with van der Waals surface area (Å²) in [4.78, 5) is 20.1. The molecule has 2 aromatic heterocycles. The van der Waals surface area contributed by atoms with Crippen molar-refractivity contribution in [3.8, 4) is 0 Å². The van der Waals surface area contributed by atoms with E-state index in [1.54, 1.807) is 6.92 Å². The Hall–Kier alpha value is -1.50. The number of aryl methyl sites for hydroxylation is 1. The maximum Gasteiger partial charge on any atom is 0.348 e. The fraction of sp³-hybridized carbons (Fsp3) is 0.500. The van der Waals surface area contributed by atoms with E-state index in [2.05, 4.69) is 31.1 Å². The number of hydrogen-bond donors (Lipinski definition) is 0. The third-order valence-electron chi connectivity index (χ3n) is 2.81. The van der Waals surface area contributed by atoms with Crippen LogP contribution in [0.3, 0.4) is 0 Å². The molecule has 102 valence electrons. The fourth-order valence-corrected chi connectivity index (χ4v) is 1.97. The Bertz CT molecular complexity index is 660. The average molecular weight is 327 g/mol. The molecule has 0 spiro atoms. The van der Waals surface area contributed by atoms with Crippen LogP contribution in [0.1, 0.15) is 42.9 Å². The Kier molecular flexibility index (Phi) is 3.84. The van der Waals surface area contributed by atoms with Crippen LogP contribution in [0.2, 0.25) is 0 Å². The zero-order chi connectivity index (χ0) is 14.2. The number of rotatable bonds is 3. The summed E-state index contributed by atoms with van der Waals surface area (Å²) in [6.07, 6.45) is 0. The Morgan fingerprint density at radius 1 is 1.32 bits per heavy atom. The molecule has 2 heterocycles. The second-order valence-electron chi connectivity index (χ2n) is 4.67. The highest BCUT2D eigenvalue weighted by Crippen LogP contribution is 2.17. The molecule has 0 fully saturated rings. The number of nitrogens with zero attached hydrogens (tertiary/aromatic N) is 4. The van der Waals surface area contributed by atoms with Crippen LogP contribution >= 0.6 is 15.9 Å². The van der Waals surface area contributed by atoms with Crippen molar-refractivity contribution in [1.82, 2.24) is 19.7 Å². The molecule has 0 amide bonds. The zero-order valence-electron chi connectivity index (χ0n) is 11.3. The average Bonchev–Trinajstić information content (AvgIpc) is 2.81. The first-order valence-corrected chi connectivity index (χ1v) is 6.75. The lowest BCUT2D eigenvalue weighted by Crippen LogP contribution is -2.27. The minimum Gasteiger partial charge on any atom is -0.339 e. The number of halogens is 1. The van der Waals surface area contributed by atoms with Crippen LogP contribution in [-0.4, -0.2) is 19.7 Å². The smallest absolute Gasteiger partial charge is 0.339 e. The summed E-state index contributed by atoms with van der Waals surface area (Å²) >= 11 is 3.42. The first-order valence-electron chi connectivity index (χ1n) is 5.96. The molecule has 2 rings (SSSR count). The monoisotopic (exact) mass is 326 g/mol. The first-order chi connectivity index (χ1) is 8.90. The van der Waals surface area contributed by atoms with Gasteiger partial charge < -0.3 is 4.52 Å². The highest BCUT2D eigenvalue weighted by molar-refractivity contribution is 9.10. The molecule has 19 heavy (non-hydrogen) atoms. The summed E-state index contributed by atoms with van der Waals surface area (Å²) in [5.74, 6) is 1.22. The minimum atomic E-state index is -0.311. The normalized spacial score (nSPS) is 11.3. The highest BCUT2D eigenvalue weighted by atomic mass is 79.9. The van der Waals surface area contributed by atoms with Crippen molar-refractivity contribution in [3.63, 3.8) is 0 Å². The Labute approximate surface area is 119 Å². The maximum absolute atomic E-state index is 11.9. The van der Waals surface area contributed by atoms with E-state index >= 15 is 0 Å². The zero-order valence-corrected chi connectivity index (χ0v) is 12.9. The summed E-state index contributed by atoms with van der Waals surface area (Å²) in [7, 11) is 0. The van der Waals surface area contributed by atoms with Crippen LogP contribution in [-0.2, 0) is 6.54 Å². The molecule has 0 unspecified atom stereocenters. The van der Waals surface area contributed by atoms with Crippen LogP contribution < -0.4 is 5.69 Å². The van der Waals surface area contributed by atoms with E-state index in [0.717, 1.165) is 10.2 Å². The molecule has 0 bridgehead atoms. The molecular formula is C12H15BrN4O2. The van der Waals surface area contributed by atoms with Gasteiger partial charge in [-0.15, -0.1) is 0 Å². The van der Waals surface area contributed by atoms with Gasteiger partial charge >= 0.3 is 5.69 Å². The van der Waals surface area contributed by atoms with Crippen molar-refractivity contribution in [2.45, 2.75) is 40.2 Å². The first kappa shape index (κ1) is 13.9. The van der Waals surface area contributed by atoms with Crippen LogP contribution in [0, 0.1) is 13.8 Å². The molecule has 0 aliphatic heterocycles. The molecule has 2 aromatic rings. The summed E-state index contributed by atoms with van der Waals surface area (Å²) in [5, 5.41) is 3.88. The molecular weight excluding hydrogens is 312 g/mol. The van der Waals surface area contributed by atoms with Gasteiger partial charge in [0.25, 0.3) is 0 Å². The SMILES string of the molecule is Cc1nc(=O)n(Cc2noc(C(C)C)n2)c(C)c1Br. The topological polar surface area (TPSA) is 73.8 Å². The predicted molar refractivity (Wildman–Crippen MR) is 73.2 cm³/mol. The molecule has 6 nitrogen and oxygen atoms in total. The fourth-order valence-electron chi connectivity index (χ4n) is 1.67. The lowest BCUT2D eigenvalue weighted by atomic mass is 10.2. The van der Waals surface area contributed by atoms with Gasteiger partial charge in [0.1, 0.15) is 0 Å². The highest BCUT2D eigenvalue weighted by Gasteiger charge is 2.14. The molecule has 0 radical (unpaired) electrons. The Balaban J connectivity index is 2.38. The minimum absolute atomic E-state index is 0.168. The Morgan fingerprint density at radius 3 is 2.58 bits per heavy atom. The van der Waals surface area contributed by atoms with E-state index in [0.29, 0.717) is 17.4 Å². The van der Waals surface area contributed by atoms with Crippen molar-refractivity contribution >= 4 is 15.9 Å². The summed E-state index contributed by atoms with van der Waals surface area (Å²) in [6, 6.07) is 0. The van der Waals surface area contributed by atoms with Crippen LogP contribution in [0.5, 0.6) is 0 Å². The summed E-state index contributed by atoms with van der Waals surface area (Å²) in [6.45, 7) is 7.84. The largest absolute Gasteiger partial charge is 0.348 e. The van der Waals surface area contributed by atoms with E-state index in [1.807, 2.05) is 20.8 Å². The van der Waals surface area contributed by atoms with Gasteiger partial charge in [0.05, 0.1) is 16.7 Å². The van der Waals surface area contributed by atoms with Gasteiger partial charge in [-0.25, -0.2) is 4.79 Å². The molecule has 0 aliphatic rings. The van der Waals surface area contributed by atoms with Gasteiger partial charge in [0, 0.05) is 11.6 Å².